The number of aromatic nitrogens is 3. The van der Waals surface area contributed by atoms with Gasteiger partial charge in [0.05, 0.1) is 19.8 Å². The van der Waals surface area contributed by atoms with Gasteiger partial charge in [0.2, 0.25) is 11.1 Å². The Morgan fingerprint density at radius 2 is 1.84 bits per heavy atom. The van der Waals surface area contributed by atoms with Gasteiger partial charge < -0.3 is 19.5 Å². The smallest absolute Gasteiger partial charge is 0.338 e. The van der Waals surface area contributed by atoms with Crippen LogP contribution in [0.1, 0.15) is 57.4 Å². The van der Waals surface area contributed by atoms with Crippen LogP contribution < -0.4 is 14.8 Å². The van der Waals surface area contributed by atoms with Gasteiger partial charge in [-0.05, 0) is 46.9 Å². The van der Waals surface area contributed by atoms with Crippen LogP contribution in [0.2, 0.25) is 0 Å². The summed E-state index contributed by atoms with van der Waals surface area (Å²) in [5.74, 6) is 2.15. The predicted octanol–water partition coefficient (Wildman–Crippen LogP) is 5.74. The summed E-state index contributed by atoms with van der Waals surface area (Å²) in [4.78, 5) is 17.4. The van der Waals surface area contributed by atoms with E-state index < -0.39 is 12.0 Å². The van der Waals surface area contributed by atoms with E-state index in [0.717, 1.165) is 16.9 Å². The zero-order valence-corrected chi connectivity index (χ0v) is 23.2. The highest BCUT2D eigenvalue weighted by molar-refractivity contribution is 7.99. The summed E-state index contributed by atoms with van der Waals surface area (Å²) >= 11 is 1.54. The molecule has 0 bridgehead atoms. The number of esters is 1. The number of rotatable bonds is 8. The molecule has 2 aromatic carbocycles. The topological polar surface area (TPSA) is 87.5 Å². The molecule has 196 valence electrons. The molecule has 1 aliphatic rings. The van der Waals surface area contributed by atoms with Gasteiger partial charge >= 0.3 is 5.97 Å². The first kappa shape index (κ1) is 26.6. The second-order valence-electron chi connectivity index (χ2n) is 9.80. The van der Waals surface area contributed by atoms with Crippen LogP contribution in [0.5, 0.6) is 11.5 Å². The number of nitrogens with one attached hydrogen (secondary N) is 1. The zero-order chi connectivity index (χ0) is 26.7. The highest BCUT2D eigenvalue weighted by Crippen LogP contribution is 2.40. The Morgan fingerprint density at radius 3 is 2.46 bits per heavy atom. The Bertz CT molecular complexity index is 1310. The molecule has 1 unspecified atom stereocenters. The van der Waals surface area contributed by atoms with Gasteiger partial charge in [-0.25, -0.2) is 9.48 Å². The second kappa shape index (κ2) is 10.9. The fourth-order valence-electron chi connectivity index (χ4n) is 4.24. The first-order valence-electron chi connectivity index (χ1n) is 12.2. The third kappa shape index (κ3) is 5.61. The first-order chi connectivity index (χ1) is 17.7. The molecule has 0 radical (unpaired) electrons. The molecule has 0 spiro atoms. The SMILES string of the molecule is CCSc1nc2n(n1)C(c1ccc(OCc3ccc(C(C)(C)C)cc3)c(OC)c1)C(C(=O)OC)=C(C)N2. The van der Waals surface area contributed by atoms with E-state index in [1.807, 2.05) is 32.0 Å². The van der Waals surface area contributed by atoms with Crippen molar-refractivity contribution in [1.29, 1.82) is 0 Å². The average Bonchev–Trinajstić information content (AvgIpc) is 3.27. The van der Waals surface area contributed by atoms with Crippen LogP contribution in [0.15, 0.2) is 58.9 Å². The van der Waals surface area contributed by atoms with E-state index >= 15 is 0 Å². The maximum atomic E-state index is 12.8. The van der Waals surface area contributed by atoms with Crippen molar-refractivity contribution in [2.24, 2.45) is 0 Å². The third-order valence-corrected chi connectivity index (χ3v) is 6.95. The molecule has 1 N–H and O–H groups in total. The molecule has 0 saturated heterocycles. The molecule has 37 heavy (non-hydrogen) atoms. The summed E-state index contributed by atoms with van der Waals surface area (Å²) in [5, 5.41) is 8.50. The summed E-state index contributed by atoms with van der Waals surface area (Å²) in [7, 11) is 2.98. The number of thioether (sulfide) groups is 1. The van der Waals surface area contributed by atoms with Crippen molar-refractivity contribution in [3.05, 3.63) is 70.4 Å². The van der Waals surface area contributed by atoms with Crippen LogP contribution in [0.4, 0.5) is 5.95 Å². The van der Waals surface area contributed by atoms with E-state index in [4.69, 9.17) is 14.2 Å². The van der Waals surface area contributed by atoms with Crippen molar-refractivity contribution >= 4 is 23.7 Å². The Morgan fingerprint density at radius 1 is 1.11 bits per heavy atom. The summed E-state index contributed by atoms with van der Waals surface area (Å²) < 4.78 is 18.7. The second-order valence-corrected chi connectivity index (χ2v) is 11.0. The number of carbonyl (C=O) groups excluding carboxylic acids is 1. The lowest BCUT2D eigenvalue weighted by Crippen LogP contribution is -2.29. The highest BCUT2D eigenvalue weighted by atomic mass is 32.2. The Kier molecular flexibility index (Phi) is 7.82. The van der Waals surface area contributed by atoms with Crippen LogP contribution in [0.3, 0.4) is 0 Å². The zero-order valence-electron chi connectivity index (χ0n) is 22.4. The number of ether oxygens (including phenoxy) is 3. The number of anilines is 1. The van der Waals surface area contributed by atoms with Gasteiger partial charge in [-0.2, -0.15) is 4.98 Å². The van der Waals surface area contributed by atoms with Gasteiger partial charge in [0.25, 0.3) is 0 Å². The molecule has 0 aliphatic carbocycles. The predicted molar refractivity (Wildman–Crippen MR) is 145 cm³/mol. The molecule has 0 saturated carbocycles. The monoisotopic (exact) mass is 522 g/mol. The molecular weight excluding hydrogens is 488 g/mol. The van der Waals surface area contributed by atoms with Crippen molar-refractivity contribution < 1.29 is 19.0 Å². The van der Waals surface area contributed by atoms with E-state index in [9.17, 15) is 4.79 Å². The minimum Gasteiger partial charge on any atom is -0.493 e. The number of hydrogen-bond donors (Lipinski definition) is 1. The number of nitrogens with zero attached hydrogens (tertiary/aromatic N) is 3. The molecule has 0 fully saturated rings. The van der Waals surface area contributed by atoms with Gasteiger partial charge in [0.1, 0.15) is 12.6 Å². The summed E-state index contributed by atoms with van der Waals surface area (Å²) in [5.41, 5.74) is 4.38. The van der Waals surface area contributed by atoms with E-state index in [0.29, 0.717) is 40.5 Å². The lowest BCUT2D eigenvalue weighted by Gasteiger charge is -2.28. The average molecular weight is 523 g/mol. The van der Waals surface area contributed by atoms with Gasteiger partial charge in [-0.3, -0.25) is 0 Å². The van der Waals surface area contributed by atoms with Crippen molar-refractivity contribution in [2.75, 3.05) is 25.3 Å². The summed E-state index contributed by atoms with van der Waals surface area (Å²) in [6.45, 7) is 10.9. The first-order valence-corrected chi connectivity index (χ1v) is 13.2. The maximum absolute atomic E-state index is 12.8. The summed E-state index contributed by atoms with van der Waals surface area (Å²) in [6.07, 6.45) is 0. The van der Waals surface area contributed by atoms with Crippen LogP contribution in [-0.2, 0) is 21.6 Å². The van der Waals surface area contributed by atoms with Crippen molar-refractivity contribution in [3.63, 3.8) is 0 Å². The fraction of sp³-hybridized carbons (Fsp3) is 0.393. The fourth-order valence-corrected chi connectivity index (χ4v) is 4.79. The number of benzene rings is 2. The third-order valence-electron chi connectivity index (χ3n) is 6.23. The minimum atomic E-state index is -0.532. The standard InChI is InChI=1S/C28H34N4O4S/c1-8-37-27-30-26-29-17(2)23(25(33)35-7)24(32(26)31-27)19-11-14-21(22(15-19)34-6)36-16-18-9-12-20(13-10-18)28(3,4)5/h9-15,24H,8,16H2,1-7H3,(H,29,30,31). The molecule has 2 heterocycles. The van der Waals surface area contributed by atoms with Crippen LogP contribution in [0, 0.1) is 0 Å². The highest BCUT2D eigenvalue weighted by Gasteiger charge is 2.35. The molecular formula is C28H34N4O4S. The molecule has 0 amide bonds. The van der Waals surface area contributed by atoms with Crippen LogP contribution in [-0.4, -0.2) is 40.7 Å². The lowest BCUT2D eigenvalue weighted by molar-refractivity contribution is -0.136. The van der Waals surface area contributed by atoms with Gasteiger partial charge in [0.15, 0.2) is 11.5 Å². The summed E-state index contributed by atoms with van der Waals surface area (Å²) in [6, 6.07) is 13.6. The van der Waals surface area contributed by atoms with Gasteiger partial charge in [-0.1, -0.05) is 69.8 Å². The number of allylic oxidation sites excluding steroid dienone is 1. The number of carbonyl (C=O) groups is 1. The van der Waals surface area contributed by atoms with Crippen molar-refractivity contribution in [3.8, 4) is 11.5 Å². The normalized spacial score (nSPS) is 15.2. The largest absolute Gasteiger partial charge is 0.493 e. The molecule has 1 atom stereocenters. The van der Waals surface area contributed by atoms with E-state index in [1.54, 1.807) is 11.8 Å². The Hall–Kier alpha value is -3.46. The van der Waals surface area contributed by atoms with Gasteiger partial charge in [-0.15, -0.1) is 5.10 Å². The van der Waals surface area contributed by atoms with Crippen LogP contribution >= 0.6 is 11.8 Å². The molecule has 1 aromatic heterocycles. The minimum absolute atomic E-state index is 0.100. The molecule has 3 aromatic rings. The van der Waals surface area contributed by atoms with E-state index in [2.05, 4.69) is 60.4 Å². The molecule has 9 heteroatoms. The van der Waals surface area contributed by atoms with Gasteiger partial charge in [0, 0.05) is 5.70 Å². The van der Waals surface area contributed by atoms with E-state index in [-0.39, 0.29) is 5.41 Å². The molecule has 8 nitrogen and oxygen atoms in total. The number of methoxy groups -OCH3 is 2. The molecule has 4 rings (SSSR count). The number of fused-ring (bicyclic) bond motifs is 1. The van der Waals surface area contributed by atoms with E-state index in [1.165, 1.54) is 24.4 Å². The van der Waals surface area contributed by atoms with Crippen molar-refractivity contribution in [2.45, 2.75) is 57.8 Å². The van der Waals surface area contributed by atoms with Crippen LogP contribution in [0.25, 0.3) is 0 Å². The van der Waals surface area contributed by atoms with Crippen molar-refractivity contribution in [1.82, 2.24) is 14.8 Å². The lowest BCUT2D eigenvalue weighted by atomic mass is 9.87. The maximum Gasteiger partial charge on any atom is 0.338 e. The Labute approximate surface area is 222 Å². The number of hydrogen-bond acceptors (Lipinski definition) is 8. The molecule has 1 aliphatic heterocycles. The Balaban J connectivity index is 1.65. The quantitative estimate of drug-likeness (QED) is 0.296.